The maximum Gasteiger partial charge on any atom is 0.280 e. The molecule has 90 valence electrons. The molecule has 1 rings (SSSR count). The van der Waals surface area contributed by atoms with Gasteiger partial charge in [-0.25, -0.2) is 10.0 Å². The number of aromatic nitrogens is 1. The second-order valence-electron chi connectivity index (χ2n) is 2.47. The third-order valence-corrected chi connectivity index (χ3v) is 2.13. The molecule has 16 heavy (non-hydrogen) atoms. The lowest BCUT2D eigenvalue weighted by Crippen LogP contribution is -2.25. The Labute approximate surface area is 105 Å². The molecule has 0 saturated carbocycles. The Bertz CT molecular complexity index is 359. The van der Waals surface area contributed by atoms with Crippen molar-refractivity contribution in [1.82, 2.24) is 10.0 Å². The predicted octanol–water partition coefficient (Wildman–Crippen LogP) is 3.05. The zero-order chi connectivity index (χ0) is 12.7. The van der Waals surface area contributed by atoms with Gasteiger partial charge in [0.15, 0.2) is 0 Å². The molecule has 0 spiro atoms. The highest BCUT2D eigenvalue weighted by Crippen LogP contribution is 2.19. The van der Waals surface area contributed by atoms with Crippen LogP contribution in [0.5, 0.6) is 0 Å². The number of carbonyl (C=O) groups excluding carboxylic acids is 1. The number of hydroxylamine groups is 2. The van der Waals surface area contributed by atoms with Crippen molar-refractivity contribution >= 4 is 29.1 Å². The molecule has 1 heterocycles. The first kappa shape index (κ1) is 15.2. The van der Waals surface area contributed by atoms with E-state index < -0.39 is 0 Å². The number of amides is 1. The van der Waals surface area contributed by atoms with Gasteiger partial charge in [0.2, 0.25) is 0 Å². The molecular weight excluding hydrogens is 251 g/mol. The fourth-order valence-corrected chi connectivity index (χ4v) is 1.26. The van der Waals surface area contributed by atoms with E-state index in [4.69, 9.17) is 28.0 Å². The van der Waals surface area contributed by atoms with Crippen LogP contribution in [0.15, 0.2) is 12.3 Å². The summed E-state index contributed by atoms with van der Waals surface area (Å²) in [6.07, 6.45) is 1.31. The summed E-state index contributed by atoms with van der Waals surface area (Å²) in [7, 11) is 2.86. The van der Waals surface area contributed by atoms with Crippen LogP contribution in [0, 0.1) is 0 Å². The minimum Gasteiger partial charge on any atom is -0.274 e. The predicted molar refractivity (Wildman–Crippen MR) is 64.7 cm³/mol. The first-order valence-corrected chi connectivity index (χ1v) is 5.45. The number of pyridine rings is 1. The first-order chi connectivity index (χ1) is 7.56. The van der Waals surface area contributed by atoms with Crippen LogP contribution >= 0.6 is 23.2 Å². The SMILES string of the molecule is CC.CON(C)C(=O)c1cnc(Cl)cc1Cl. The molecule has 0 aliphatic heterocycles. The number of nitrogens with zero attached hydrogens (tertiary/aromatic N) is 2. The molecule has 0 fully saturated rings. The zero-order valence-corrected chi connectivity index (χ0v) is 11.1. The smallest absolute Gasteiger partial charge is 0.274 e. The van der Waals surface area contributed by atoms with Crippen molar-refractivity contribution in [2.75, 3.05) is 14.2 Å². The van der Waals surface area contributed by atoms with Crippen molar-refractivity contribution in [3.8, 4) is 0 Å². The number of hydrogen-bond donors (Lipinski definition) is 0. The number of halogens is 2. The molecule has 0 atom stereocenters. The van der Waals surface area contributed by atoms with Crippen LogP contribution in [0.1, 0.15) is 24.2 Å². The van der Waals surface area contributed by atoms with Gasteiger partial charge in [-0.2, -0.15) is 0 Å². The van der Waals surface area contributed by atoms with Gasteiger partial charge in [-0.1, -0.05) is 37.0 Å². The minimum absolute atomic E-state index is 0.242. The average molecular weight is 265 g/mol. The summed E-state index contributed by atoms with van der Waals surface area (Å²) in [5.41, 5.74) is 0.250. The summed E-state index contributed by atoms with van der Waals surface area (Å²) in [6.45, 7) is 4.00. The van der Waals surface area contributed by atoms with Crippen LogP contribution in [-0.2, 0) is 4.84 Å². The number of hydrogen-bond acceptors (Lipinski definition) is 3. The highest BCUT2D eigenvalue weighted by atomic mass is 35.5. The lowest BCUT2D eigenvalue weighted by atomic mass is 10.3. The molecule has 0 radical (unpaired) electrons. The van der Waals surface area contributed by atoms with Crippen LogP contribution in [-0.4, -0.2) is 30.1 Å². The molecule has 0 bridgehead atoms. The quantitative estimate of drug-likeness (QED) is 0.609. The van der Waals surface area contributed by atoms with E-state index in [9.17, 15) is 4.79 Å². The maximum absolute atomic E-state index is 11.5. The maximum atomic E-state index is 11.5. The van der Waals surface area contributed by atoms with E-state index in [0.717, 1.165) is 5.06 Å². The van der Waals surface area contributed by atoms with Gasteiger partial charge in [-0.05, 0) is 6.07 Å². The highest BCUT2D eigenvalue weighted by molar-refractivity contribution is 6.36. The van der Waals surface area contributed by atoms with Crippen LogP contribution in [0.4, 0.5) is 0 Å². The molecule has 4 nitrogen and oxygen atoms in total. The number of carbonyl (C=O) groups is 1. The Morgan fingerprint density at radius 3 is 2.44 bits per heavy atom. The second kappa shape index (κ2) is 7.44. The van der Waals surface area contributed by atoms with Crippen molar-refractivity contribution in [2.24, 2.45) is 0 Å². The summed E-state index contributed by atoms with van der Waals surface area (Å²) in [5, 5.41) is 1.54. The molecule has 0 aliphatic carbocycles. The molecule has 0 N–H and O–H groups in total. The van der Waals surface area contributed by atoms with Gasteiger partial charge in [-0.15, -0.1) is 0 Å². The molecule has 1 aromatic heterocycles. The molecule has 1 amide bonds. The molecule has 0 aromatic carbocycles. The summed E-state index contributed by atoms with van der Waals surface area (Å²) < 4.78 is 0. The van der Waals surface area contributed by atoms with Gasteiger partial charge in [-0.3, -0.25) is 9.63 Å². The Morgan fingerprint density at radius 1 is 1.44 bits per heavy atom. The van der Waals surface area contributed by atoms with E-state index in [1.807, 2.05) is 13.8 Å². The lowest BCUT2D eigenvalue weighted by Gasteiger charge is -2.13. The van der Waals surface area contributed by atoms with Crippen molar-refractivity contribution in [2.45, 2.75) is 13.8 Å². The molecule has 0 saturated heterocycles. The zero-order valence-electron chi connectivity index (χ0n) is 9.62. The van der Waals surface area contributed by atoms with Crippen LogP contribution in [0.25, 0.3) is 0 Å². The molecule has 6 heteroatoms. The fraction of sp³-hybridized carbons (Fsp3) is 0.400. The standard InChI is InChI=1S/C8H8Cl2N2O2.C2H6/c1-12(14-2)8(13)5-4-11-7(10)3-6(5)9;1-2/h3-4H,1-2H3;1-2H3. The van der Waals surface area contributed by atoms with E-state index in [0.29, 0.717) is 0 Å². The van der Waals surface area contributed by atoms with Crippen molar-refractivity contribution in [3.63, 3.8) is 0 Å². The van der Waals surface area contributed by atoms with Gasteiger partial charge in [0.05, 0.1) is 17.7 Å². The van der Waals surface area contributed by atoms with Crippen LogP contribution in [0.2, 0.25) is 10.2 Å². The monoisotopic (exact) mass is 264 g/mol. The highest BCUT2D eigenvalue weighted by Gasteiger charge is 2.15. The summed E-state index contributed by atoms with van der Waals surface area (Å²) in [6, 6.07) is 1.40. The minimum atomic E-state index is -0.373. The summed E-state index contributed by atoms with van der Waals surface area (Å²) in [5.74, 6) is -0.373. The average Bonchev–Trinajstić information content (AvgIpc) is 2.30. The lowest BCUT2D eigenvalue weighted by molar-refractivity contribution is -0.0757. The Kier molecular flexibility index (Phi) is 7.05. The van der Waals surface area contributed by atoms with Gasteiger partial charge in [0, 0.05) is 13.2 Å². The topological polar surface area (TPSA) is 42.4 Å². The van der Waals surface area contributed by atoms with Crippen LogP contribution < -0.4 is 0 Å². The third kappa shape index (κ3) is 3.96. The Balaban J connectivity index is 0.00000106. The third-order valence-electron chi connectivity index (χ3n) is 1.61. The molecule has 0 unspecified atom stereocenters. The molecule has 1 aromatic rings. The fourth-order valence-electron chi connectivity index (χ4n) is 0.817. The summed E-state index contributed by atoms with van der Waals surface area (Å²) >= 11 is 11.4. The van der Waals surface area contributed by atoms with E-state index >= 15 is 0 Å². The van der Waals surface area contributed by atoms with E-state index in [1.54, 1.807) is 0 Å². The van der Waals surface area contributed by atoms with Crippen molar-refractivity contribution in [1.29, 1.82) is 0 Å². The van der Waals surface area contributed by atoms with Gasteiger partial charge in [0.25, 0.3) is 5.91 Å². The summed E-state index contributed by atoms with van der Waals surface area (Å²) in [4.78, 5) is 20.0. The normalized spacial score (nSPS) is 9.12. The van der Waals surface area contributed by atoms with Crippen molar-refractivity contribution in [3.05, 3.63) is 28.0 Å². The van der Waals surface area contributed by atoms with Gasteiger partial charge in [0.1, 0.15) is 5.15 Å². The number of rotatable bonds is 2. The Hall–Kier alpha value is -0.840. The van der Waals surface area contributed by atoms with E-state index in [-0.39, 0.29) is 21.6 Å². The Morgan fingerprint density at radius 2 is 2.00 bits per heavy atom. The molecule has 0 aliphatic rings. The first-order valence-electron chi connectivity index (χ1n) is 4.69. The van der Waals surface area contributed by atoms with Crippen LogP contribution in [0.3, 0.4) is 0 Å². The largest absolute Gasteiger partial charge is 0.280 e. The second-order valence-corrected chi connectivity index (χ2v) is 3.27. The van der Waals surface area contributed by atoms with E-state index in [1.165, 1.54) is 26.4 Å². The van der Waals surface area contributed by atoms with Crippen molar-refractivity contribution < 1.29 is 9.63 Å². The molecular formula is C10H14Cl2N2O2. The van der Waals surface area contributed by atoms with Gasteiger partial charge >= 0.3 is 0 Å². The van der Waals surface area contributed by atoms with E-state index in [2.05, 4.69) is 4.98 Å². The van der Waals surface area contributed by atoms with Gasteiger partial charge < -0.3 is 0 Å².